The normalized spacial score (nSPS) is 10.5. The van der Waals surface area contributed by atoms with Crippen molar-refractivity contribution in [2.24, 2.45) is 0 Å². The predicted molar refractivity (Wildman–Crippen MR) is 101 cm³/mol. The highest BCUT2D eigenvalue weighted by Crippen LogP contribution is 2.32. The van der Waals surface area contributed by atoms with Gasteiger partial charge in [0.1, 0.15) is 5.82 Å². The lowest BCUT2D eigenvalue weighted by atomic mass is 10.2. The molecular formula is C17H15ClN4O4S. The second kappa shape index (κ2) is 8.74. The molecule has 0 aliphatic heterocycles. The van der Waals surface area contributed by atoms with E-state index in [2.05, 4.69) is 20.5 Å². The molecule has 1 N–H and O–H groups in total. The standard InChI is InChI=1S/C17H15ClN4O4S/c1-24-12-5-3-10(7-13(12)25-2)16-21-22-17(26-16)27-9-15(23)20-14-6-4-11(18)8-19-14/h3-8H,9H2,1-2H3,(H,19,20,23). The van der Waals surface area contributed by atoms with Crippen LogP contribution in [-0.4, -0.2) is 41.1 Å². The van der Waals surface area contributed by atoms with Gasteiger partial charge in [0.05, 0.1) is 25.0 Å². The quantitative estimate of drug-likeness (QED) is 0.595. The van der Waals surface area contributed by atoms with Gasteiger partial charge in [0.15, 0.2) is 11.5 Å². The second-order valence-electron chi connectivity index (χ2n) is 5.14. The number of anilines is 1. The summed E-state index contributed by atoms with van der Waals surface area (Å²) in [5.41, 5.74) is 0.682. The maximum atomic E-state index is 12.0. The molecule has 0 bridgehead atoms. The van der Waals surface area contributed by atoms with Gasteiger partial charge in [0.25, 0.3) is 5.22 Å². The highest BCUT2D eigenvalue weighted by atomic mass is 35.5. The molecule has 10 heteroatoms. The lowest BCUT2D eigenvalue weighted by molar-refractivity contribution is -0.113. The molecule has 1 aromatic carbocycles. The van der Waals surface area contributed by atoms with Gasteiger partial charge in [-0.1, -0.05) is 23.4 Å². The SMILES string of the molecule is COc1ccc(-c2nnc(SCC(=O)Nc3ccc(Cl)cn3)o2)cc1OC. The molecule has 2 aromatic heterocycles. The van der Waals surface area contributed by atoms with Gasteiger partial charge in [-0.15, -0.1) is 10.2 Å². The summed E-state index contributed by atoms with van der Waals surface area (Å²) in [4.78, 5) is 16.0. The Hall–Kier alpha value is -2.78. The Bertz CT molecular complexity index is 933. The molecule has 0 atom stereocenters. The van der Waals surface area contributed by atoms with Crippen molar-refractivity contribution in [1.82, 2.24) is 15.2 Å². The van der Waals surface area contributed by atoms with Crippen LogP contribution in [0.4, 0.5) is 5.82 Å². The zero-order valence-electron chi connectivity index (χ0n) is 14.4. The average molecular weight is 407 g/mol. The van der Waals surface area contributed by atoms with Gasteiger partial charge in [-0.2, -0.15) is 0 Å². The van der Waals surface area contributed by atoms with E-state index in [9.17, 15) is 4.79 Å². The van der Waals surface area contributed by atoms with E-state index in [0.717, 1.165) is 11.8 Å². The summed E-state index contributed by atoms with van der Waals surface area (Å²) in [6, 6.07) is 8.52. The van der Waals surface area contributed by atoms with Crippen LogP contribution in [0.2, 0.25) is 5.02 Å². The van der Waals surface area contributed by atoms with Gasteiger partial charge in [-0.05, 0) is 30.3 Å². The zero-order chi connectivity index (χ0) is 19.2. The van der Waals surface area contributed by atoms with Crippen molar-refractivity contribution >= 4 is 35.1 Å². The summed E-state index contributed by atoms with van der Waals surface area (Å²) in [6.45, 7) is 0. The minimum atomic E-state index is -0.249. The number of benzene rings is 1. The molecule has 0 saturated heterocycles. The Balaban J connectivity index is 1.61. The fraction of sp³-hybridized carbons (Fsp3) is 0.176. The number of ether oxygens (including phenoxy) is 2. The number of halogens is 1. The van der Waals surface area contributed by atoms with Crippen LogP contribution in [0.15, 0.2) is 46.2 Å². The summed E-state index contributed by atoms with van der Waals surface area (Å²) in [5, 5.41) is 11.4. The highest BCUT2D eigenvalue weighted by Gasteiger charge is 2.14. The number of hydrogen-bond donors (Lipinski definition) is 1. The molecule has 0 fully saturated rings. The molecule has 27 heavy (non-hydrogen) atoms. The maximum Gasteiger partial charge on any atom is 0.277 e. The Morgan fingerprint density at radius 3 is 2.70 bits per heavy atom. The Morgan fingerprint density at radius 2 is 2.00 bits per heavy atom. The number of methoxy groups -OCH3 is 2. The minimum Gasteiger partial charge on any atom is -0.493 e. The van der Waals surface area contributed by atoms with Crippen molar-refractivity contribution in [3.8, 4) is 23.0 Å². The van der Waals surface area contributed by atoms with E-state index in [-0.39, 0.29) is 16.9 Å². The first-order valence-electron chi connectivity index (χ1n) is 7.69. The van der Waals surface area contributed by atoms with Gasteiger partial charge in [0.2, 0.25) is 11.8 Å². The number of nitrogens with zero attached hydrogens (tertiary/aromatic N) is 3. The molecule has 0 saturated carbocycles. The topological polar surface area (TPSA) is 99.4 Å². The van der Waals surface area contributed by atoms with E-state index in [1.54, 1.807) is 44.6 Å². The monoisotopic (exact) mass is 406 g/mol. The number of carbonyl (C=O) groups is 1. The molecule has 0 unspecified atom stereocenters. The maximum absolute atomic E-state index is 12.0. The summed E-state index contributed by atoms with van der Waals surface area (Å²) >= 11 is 6.88. The second-order valence-corrected chi connectivity index (χ2v) is 6.50. The number of pyridine rings is 1. The van der Waals surface area contributed by atoms with E-state index in [4.69, 9.17) is 25.5 Å². The van der Waals surface area contributed by atoms with Crippen LogP contribution in [0.3, 0.4) is 0 Å². The Morgan fingerprint density at radius 1 is 1.19 bits per heavy atom. The summed E-state index contributed by atoms with van der Waals surface area (Å²) < 4.78 is 16.1. The molecule has 3 aromatic rings. The number of rotatable bonds is 7. The lowest BCUT2D eigenvalue weighted by Crippen LogP contribution is -2.14. The summed E-state index contributed by atoms with van der Waals surface area (Å²) in [7, 11) is 3.11. The van der Waals surface area contributed by atoms with E-state index in [0.29, 0.717) is 33.8 Å². The number of hydrogen-bond acceptors (Lipinski definition) is 8. The first-order chi connectivity index (χ1) is 13.1. The molecule has 0 aliphatic carbocycles. The first kappa shape index (κ1) is 19.0. The van der Waals surface area contributed by atoms with Gasteiger partial charge in [-0.3, -0.25) is 4.79 Å². The van der Waals surface area contributed by atoms with Gasteiger partial charge >= 0.3 is 0 Å². The van der Waals surface area contributed by atoms with Crippen molar-refractivity contribution < 1.29 is 18.7 Å². The number of carbonyl (C=O) groups excluding carboxylic acids is 1. The molecule has 2 heterocycles. The Kier molecular flexibility index (Phi) is 6.15. The van der Waals surface area contributed by atoms with Crippen LogP contribution >= 0.6 is 23.4 Å². The highest BCUT2D eigenvalue weighted by molar-refractivity contribution is 7.99. The van der Waals surface area contributed by atoms with E-state index >= 15 is 0 Å². The third kappa shape index (κ3) is 4.89. The number of amides is 1. The number of thioether (sulfide) groups is 1. The van der Waals surface area contributed by atoms with E-state index < -0.39 is 0 Å². The summed E-state index contributed by atoms with van der Waals surface area (Å²) in [6.07, 6.45) is 1.46. The predicted octanol–water partition coefficient (Wildman–Crippen LogP) is 3.53. The van der Waals surface area contributed by atoms with Gasteiger partial charge in [-0.25, -0.2) is 4.98 Å². The molecule has 0 spiro atoms. The van der Waals surface area contributed by atoms with Crippen LogP contribution in [0.1, 0.15) is 0 Å². The lowest BCUT2D eigenvalue weighted by Gasteiger charge is -2.07. The van der Waals surface area contributed by atoms with Crippen molar-refractivity contribution in [1.29, 1.82) is 0 Å². The fourth-order valence-corrected chi connectivity index (χ4v) is 2.78. The molecule has 8 nitrogen and oxygen atoms in total. The van der Waals surface area contributed by atoms with E-state index in [1.807, 2.05) is 0 Å². The van der Waals surface area contributed by atoms with Crippen LogP contribution in [0.25, 0.3) is 11.5 Å². The molecular weight excluding hydrogens is 392 g/mol. The van der Waals surface area contributed by atoms with E-state index in [1.165, 1.54) is 6.20 Å². The molecule has 140 valence electrons. The van der Waals surface area contributed by atoms with Crippen LogP contribution in [0.5, 0.6) is 11.5 Å². The van der Waals surface area contributed by atoms with Crippen molar-refractivity contribution in [2.75, 3.05) is 25.3 Å². The van der Waals surface area contributed by atoms with Crippen molar-refractivity contribution in [3.63, 3.8) is 0 Å². The largest absolute Gasteiger partial charge is 0.493 e. The fourth-order valence-electron chi connectivity index (χ4n) is 2.11. The van der Waals surface area contributed by atoms with Gasteiger partial charge < -0.3 is 19.2 Å². The first-order valence-corrected chi connectivity index (χ1v) is 9.05. The molecule has 0 aliphatic rings. The number of aromatic nitrogens is 3. The van der Waals surface area contributed by atoms with Crippen LogP contribution in [-0.2, 0) is 4.79 Å². The molecule has 3 rings (SSSR count). The Labute approximate surface area is 164 Å². The number of nitrogens with one attached hydrogen (secondary N) is 1. The van der Waals surface area contributed by atoms with Crippen molar-refractivity contribution in [3.05, 3.63) is 41.6 Å². The smallest absolute Gasteiger partial charge is 0.277 e. The minimum absolute atomic E-state index is 0.0951. The molecule has 0 radical (unpaired) electrons. The zero-order valence-corrected chi connectivity index (χ0v) is 16.0. The average Bonchev–Trinajstić information content (AvgIpc) is 3.16. The van der Waals surface area contributed by atoms with Crippen molar-refractivity contribution in [2.45, 2.75) is 5.22 Å². The third-order valence-electron chi connectivity index (χ3n) is 3.36. The third-order valence-corrected chi connectivity index (χ3v) is 4.40. The van der Waals surface area contributed by atoms with Gasteiger partial charge in [0, 0.05) is 11.8 Å². The summed E-state index contributed by atoms with van der Waals surface area (Å²) in [5.74, 6) is 1.73. The van der Waals surface area contributed by atoms with Crippen LogP contribution < -0.4 is 14.8 Å². The molecule has 1 amide bonds. The van der Waals surface area contributed by atoms with Crippen LogP contribution in [0, 0.1) is 0 Å².